The topological polar surface area (TPSA) is 32.9 Å². The molecule has 1 aromatic heterocycles. The van der Waals surface area contributed by atoms with Gasteiger partial charge in [-0.05, 0) is 0 Å². The largest absolute Gasteiger partial charge is 0.326 e. The Morgan fingerprint density at radius 1 is 1.70 bits per heavy atom. The molecular formula is C6H5BrFNO. The molecule has 10 heavy (non-hydrogen) atoms. The standard InChI is InChI=1S/C6H5BrFNO/c7-2-4-1-6(10)9-3-5(4)8/h1,3H,2H2,(H,9,10). The van der Waals surface area contributed by atoms with Crippen molar-refractivity contribution < 1.29 is 4.39 Å². The van der Waals surface area contributed by atoms with Gasteiger partial charge in [-0.3, -0.25) is 4.79 Å². The van der Waals surface area contributed by atoms with Gasteiger partial charge in [0, 0.05) is 23.2 Å². The molecule has 1 N–H and O–H groups in total. The number of pyridine rings is 1. The average molecular weight is 206 g/mol. The van der Waals surface area contributed by atoms with Crippen LogP contribution in [0.4, 0.5) is 4.39 Å². The second-order valence-corrected chi connectivity index (χ2v) is 2.36. The molecule has 0 fully saturated rings. The minimum Gasteiger partial charge on any atom is -0.326 e. The number of aromatic nitrogens is 1. The lowest BCUT2D eigenvalue weighted by molar-refractivity contribution is 0.609. The van der Waals surface area contributed by atoms with Crippen LogP contribution in [-0.4, -0.2) is 4.98 Å². The van der Waals surface area contributed by atoms with Gasteiger partial charge < -0.3 is 4.98 Å². The molecule has 0 aliphatic rings. The van der Waals surface area contributed by atoms with Gasteiger partial charge in [0.1, 0.15) is 5.82 Å². The highest BCUT2D eigenvalue weighted by Gasteiger charge is 1.98. The SMILES string of the molecule is O=c1cc(CBr)c(F)c[nH]1. The number of rotatable bonds is 1. The number of hydrogen-bond donors (Lipinski definition) is 1. The summed E-state index contributed by atoms with van der Waals surface area (Å²) in [6.45, 7) is 0. The van der Waals surface area contributed by atoms with Gasteiger partial charge in [0.15, 0.2) is 0 Å². The third-order valence-corrected chi connectivity index (χ3v) is 1.70. The molecule has 0 atom stereocenters. The van der Waals surface area contributed by atoms with Crippen molar-refractivity contribution in [2.75, 3.05) is 0 Å². The Labute approximate surface area is 65.2 Å². The Bertz CT molecular complexity index is 283. The number of halogens is 2. The zero-order valence-corrected chi connectivity index (χ0v) is 6.61. The average Bonchev–Trinajstić information content (AvgIpc) is 1.94. The molecule has 0 radical (unpaired) electrons. The predicted octanol–water partition coefficient (Wildman–Crippen LogP) is 1.41. The van der Waals surface area contributed by atoms with Crippen LogP contribution < -0.4 is 5.56 Å². The van der Waals surface area contributed by atoms with Crippen LogP contribution in [0.2, 0.25) is 0 Å². The van der Waals surface area contributed by atoms with Crippen molar-refractivity contribution in [3.8, 4) is 0 Å². The summed E-state index contributed by atoms with van der Waals surface area (Å²) in [6, 6.07) is 1.23. The third-order valence-electron chi connectivity index (χ3n) is 1.10. The van der Waals surface area contributed by atoms with Crippen LogP contribution in [-0.2, 0) is 5.33 Å². The minimum atomic E-state index is -0.392. The van der Waals surface area contributed by atoms with Crippen molar-refractivity contribution >= 4 is 15.9 Å². The van der Waals surface area contributed by atoms with Crippen LogP contribution in [0, 0.1) is 5.82 Å². The van der Waals surface area contributed by atoms with E-state index in [1.165, 1.54) is 6.07 Å². The van der Waals surface area contributed by atoms with E-state index in [0.29, 0.717) is 10.9 Å². The Morgan fingerprint density at radius 3 is 2.90 bits per heavy atom. The molecular weight excluding hydrogens is 201 g/mol. The number of hydrogen-bond acceptors (Lipinski definition) is 1. The van der Waals surface area contributed by atoms with Gasteiger partial charge in [0.05, 0.1) is 0 Å². The number of H-pyrrole nitrogens is 1. The van der Waals surface area contributed by atoms with E-state index in [1.54, 1.807) is 0 Å². The van der Waals surface area contributed by atoms with Crippen LogP contribution in [0.5, 0.6) is 0 Å². The maximum Gasteiger partial charge on any atom is 0.248 e. The van der Waals surface area contributed by atoms with E-state index in [4.69, 9.17) is 0 Å². The first-order valence-electron chi connectivity index (χ1n) is 2.67. The van der Waals surface area contributed by atoms with Gasteiger partial charge in [-0.15, -0.1) is 0 Å². The second kappa shape index (κ2) is 2.96. The van der Waals surface area contributed by atoms with E-state index in [9.17, 15) is 9.18 Å². The smallest absolute Gasteiger partial charge is 0.248 e. The first kappa shape index (κ1) is 7.47. The molecule has 0 amide bonds. The van der Waals surface area contributed by atoms with Crippen molar-refractivity contribution in [3.05, 3.63) is 34.0 Å². The van der Waals surface area contributed by atoms with Crippen LogP contribution in [0.3, 0.4) is 0 Å². The lowest BCUT2D eigenvalue weighted by atomic mass is 10.3. The van der Waals surface area contributed by atoms with Crippen LogP contribution in [0.25, 0.3) is 0 Å². The summed E-state index contributed by atoms with van der Waals surface area (Å²) in [5, 5.41) is 0.364. The number of aromatic amines is 1. The Kier molecular flexibility index (Phi) is 2.21. The molecule has 0 saturated heterocycles. The van der Waals surface area contributed by atoms with Gasteiger partial charge in [-0.2, -0.15) is 0 Å². The van der Waals surface area contributed by atoms with Crippen LogP contribution in [0.1, 0.15) is 5.56 Å². The molecule has 0 bridgehead atoms. The molecule has 0 spiro atoms. The van der Waals surface area contributed by atoms with E-state index in [0.717, 1.165) is 6.20 Å². The highest BCUT2D eigenvalue weighted by Crippen LogP contribution is 2.05. The molecule has 4 heteroatoms. The Morgan fingerprint density at radius 2 is 2.40 bits per heavy atom. The van der Waals surface area contributed by atoms with Crippen molar-refractivity contribution in [1.82, 2.24) is 4.98 Å². The van der Waals surface area contributed by atoms with Crippen LogP contribution in [0.15, 0.2) is 17.1 Å². The molecule has 1 rings (SSSR count). The molecule has 54 valence electrons. The van der Waals surface area contributed by atoms with E-state index >= 15 is 0 Å². The maximum atomic E-state index is 12.6. The van der Waals surface area contributed by atoms with E-state index < -0.39 is 5.82 Å². The fourth-order valence-corrected chi connectivity index (χ4v) is 1.03. The summed E-state index contributed by atoms with van der Waals surface area (Å²) >= 11 is 3.05. The van der Waals surface area contributed by atoms with Gasteiger partial charge in [-0.1, -0.05) is 15.9 Å². The minimum absolute atomic E-state index is 0.282. The van der Waals surface area contributed by atoms with Gasteiger partial charge in [0.2, 0.25) is 5.56 Å². The van der Waals surface area contributed by atoms with E-state index in [1.807, 2.05) is 0 Å². The molecule has 1 heterocycles. The normalized spacial score (nSPS) is 9.80. The fourth-order valence-electron chi connectivity index (χ4n) is 0.598. The molecule has 0 aromatic carbocycles. The fraction of sp³-hybridized carbons (Fsp3) is 0.167. The van der Waals surface area contributed by atoms with E-state index in [2.05, 4.69) is 20.9 Å². The van der Waals surface area contributed by atoms with Gasteiger partial charge in [0.25, 0.3) is 0 Å². The summed E-state index contributed by atoms with van der Waals surface area (Å²) in [4.78, 5) is 12.8. The van der Waals surface area contributed by atoms with Crippen molar-refractivity contribution in [2.45, 2.75) is 5.33 Å². The predicted molar refractivity (Wildman–Crippen MR) is 39.7 cm³/mol. The molecule has 2 nitrogen and oxygen atoms in total. The highest BCUT2D eigenvalue weighted by molar-refractivity contribution is 9.08. The van der Waals surface area contributed by atoms with Gasteiger partial charge >= 0.3 is 0 Å². The zero-order chi connectivity index (χ0) is 7.56. The highest BCUT2D eigenvalue weighted by atomic mass is 79.9. The molecule has 0 saturated carbocycles. The molecule has 1 aromatic rings. The quantitative estimate of drug-likeness (QED) is 0.692. The van der Waals surface area contributed by atoms with Crippen molar-refractivity contribution in [3.63, 3.8) is 0 Å². The summed E-state index contributed by atoms with van der Waals surface area (Å²) < 4.78 is 12.6. The summed E-state index contributed by atoms with van der Waals surface area (Å²) in [5.74, 6) is -0.392. The summed E-state index contributed by atoms with van der Waals surface area (Å²) in [5.41, 5.74) is 0.0969. The lowest BCUT2D eigenvalue weighted by Gasteiger charge is -1.93. The Hall–Kier alpha value is -0.640. The number of nitrogens with one attached hydrogen (secondary N) is 1. The van der Waals surface area contributed by atoms with Crippen LogP contribution >= 0.6 is 15.9 Å². The molecule has 0 aliphatic heterocycles. The second-order valence-electron chi connectivity index (χ2n) is 1.80. The summed E-state index contributed by atoms with van der Waals surface area (Å²) in [6.07, 6.45) is 1.05. The monoisotopic (exact) mass is 205 g/mol. The summed E-state index contributed by atoms with van der Waals surface area (Å²) in [7, 11) is 0. The van der Waals surface area contributed by atoms with Gasteiger partial charge in [-0.25, -0.2) is 4.39 Å². The third kappa shape index (κ3) is 1.44. The van der Waals surface area contributed by atoms with Crippen molar-refractivity contribution in [2.24, 2.45) is 0 Å². The van der Waals surface area contributed by atoms with E-state index in [-0.39, 0.29) is 5.56 Å². The molecule has 0 aliphatic carbocycles. The van der Waals surface area contributed by atoms with Crippen molar-refractivity contribution in [1.29, 1.82) is 0 Å². The lowest BCUT2D eigenvalue weighted by Crippen LogP contribution is -2.05. The maximum absolute atomic E-state index is 12.6. The molecule has 0 unspecified atom stereocenters. The Balaban J connectivity index is 3.22. The first-order valence-corrected chi connectivity index (χ1v) is 3.79. The first-order chi connectivity index (χ1) is 4.74. The zero-order valence-electron chi connectivity index (χ0n) is 5.03. The number of alkyl halides is 1.